The van der Waals surface area contributed by atoms with Gasteiger partial charge in [0, 0.05) is 12.3 Å². The number of aromatic amines is 1. The number of pyridine rings is 1. The van der Waals surface area contributed by atoms with Gasteiger partial charge in [0.15, 0.2) is 0 Å². The van der Waals surface area contributed by atoms with Gasteiger partial charge in [-0.15, -0.1) is 0 Å². The van der Waals surface area contributed by atoms with Crippen LogP contribution >= 0.6 is 0 Å². The first-order chi connectivity index (χ1) is 3.79. The van der Waals surface area contributed by atoms with E-state index < -0.39 is 0 Å². The maximum atomic E-state index is 10.3. The van der Waals surface area contributed by atoms with Gasteiger partial charge in [-0.2, -0.15) is 0 Å². The normalized spacial score (nSPS) is 8.00. The second kappa shape index (κ2) is 2.91. The summed E-state index contributed by atoms with van der Waals surface area (Å²) in [6, 6.07) is 2.59. The smallest absolute Gasteiger partial charge is 0.248 e. The fourth-order valence-electron chi connectivity index (χ4n) is 0.402. The van der Waals surface area contributed by atoms with Crippen molar-refractivity contribution in [2.24, 2.45) is 0 Å². The zero-order chi connectivity index (χ0) is 5.98. The Hall–Kier alpha value is -1.25. The molecule has 0 unspecified atom stereocenters. The zero-order valence-corrected chi connectivity index (χ0v) is 4.09. The van der Waals surface area contributed by atoms with Gasteiger partial charge in [-0.3, -0.25) is 4.79 Å². The lowest BCUT2D eigenvalue weighted by molar-refractivity contribution is 0.472. The largest absolute Gasteiger partial charge is 0.506 e. The van der Waals surface area contributed by atoms with Gasteiger partial charge in [0.1, 0.15) is 5.75 Å². The van der Waals surface area contributed by atoms with E-state index in [1.165, 1.54) is 18.3 Å². The molecule has 1 rings (SSSR count). The maximum absolute atomic E-state index is 10.3. The van der Waals surface area contributed by atoms with Crippen LogP contribution in [0, 0.1) is 0 Å². The Bertz CT molecular complexity index is 208. The average Bonchev–Trinajstić information content (AvgIpc) is 1.77. The van der Waals surface area contributed by atoms with Crippen molar-refractivity contribution in [2.45, 2.75) is 7.43 Å². The predicted octanol–water partition coefficient (Wildman–Crippen LogP) is 0.717. The van der Waals surface area contributed by atoms with Crippen molar-refractivity contribution in [2.75, 3.05) is 0 Å². The number of aromatic nitrogens is 1. The molecule has 3 nitrogen and oxygen atoms in total. The summed E-state index contributed by atoms with van der Waals surface area (Å²) < 4.78 is 0. The highest BCUT2D eigenvalue weighted by Gasteiger charge is 1.81. The molecule has 0 amide bonds. The predicted molar refractivity (Wildman–Crippen MR) is 35.5 cm³/mol. The van der Waals surface area contributed by atoms with Gasteiger partial charge in [-0.05, 0) is 6.07 Å². The molecule has 0 atom stereocenters. The van der Waals surface area contributed by atoms with E-state index in [4.69, 9.17) is 5.11 Å². The van der Waals surface area contributed by atoms with Crippen molar-refractivity contribution in [3.05, 3.63) is 28.7 Å². The van der Waals surface area contributed by atoms with Crippen LogP contribution in [0.5, 0.6) is 5.75 Å². The highest BCUT2D eigenvalue weighted by Crippen LogP contribution is 1.97. The van der Waals surface area contributed by atoms with E-state index in [0.717, 1.165) is 0 Å². The third-order valence-electron chi connectivity index (χ3n) is 0.768. The molecule has 0 aromatic carbocycles. The second-order valence-corrected chi connectivity index (χ2v) is 1.41. The van der Waals surface area contributed by atoms with Crippen LogP contribution in [0.15, 0.2) is 23.1 Å². The molecular formula is C6H9NO2. The van der Waals surface area contributed by atoms with E-state index >= 15 is 0 Å². The van der Waals surface area contributed by atoms with Crippen LogP contribution in [0.25, 0.3) is 0 Å². The summed E-state index contributed by atoms with van der Waals surface area (Å²) in [4.78, 5) is 12.5. The Morgan fingerprint density at radius 3 is 2.44 bits per heavy atom. The molecule has 3 heteroatoms. The van der Waals surface area contributed by atoms with E-state index in [9.17, 15) is 4.79 Å². The molecule has 2 N–H and O–H groups in total. The van der Waals surface area contributed by atoms with Crippen LogP contribution in [0.2, 0.25) is 0 Å². The van der Waals surface area contributed by atoms with E-state index in [0.29, 0.717) is 0 Å². The van der Waals surface area contributed by atoms with Crippen molar-refractivity contribution in [3.63, 3.8) is 0 Å². The van der Waals surface area contributed by atoms with Crippen molar-refractivity contribution < 1.29 is 5.11 Å². The first kappa shape index (κ1) is 7.75. The molecule has 0 aliphatic heterocycles. The maximum Gasteiger partial charge on any atom is 0.248 e. The van der Waals surface area contributed by atoms with Crippen LogP contribution in [0.1, 0.15) is 7.43 Å². The van der Waals surface area contributed by atoms with Gasteiger partial charge in [0.2, 0.25) is 5.56 Å². The minimum absolute atomic E-state index is 0. The summed E-state index contributed by atoms with van der Waals surface area (Å²) in [5, 5.41) is 8.59. The Morgan fingerprint density at radius 2 is 2.11 bits per heavy atom. The van der Waals surface area contributed by atoms with Crippen molar-refractivity contribution in [1.29, 1.82) is 0 Å². The average molecular weight is 127 g/mol. The molecule has 0 aliphatic carbocycles. The Morgan fingerprint density at radius 1 is 1.44 bits per heavy atom. The first-order valence-corrected chi connectivity index (χ1v) is 2.17. The lowest BCUT2D eigenvalue weighted by atomic mass is 10.5. The van der Waals surface area contributed by atoms with E-state index in [1.54, 1.807) is 0 Å². The van der Waals surface area contributed by atoms with Gasteiger partial charge in [0.05, 0.1) is 0 Å². The number of hydrogen-bond donors (Lipinski definition) is 2. The van der Waals surface area contributed by atoms with Gasteiger partial charge in [-0.25, -0.2) is 0 Å². The Labute approximate surface area is 53.0 Å². The molecule has 1 aromatic heterocycles. The van der Waals surface area contributed by atoms with Gasteiger partial charge in [-0.1, -0.05) is 7.43 Å². The molecule has 50 valence electrons. The van der Waals surface area contributed by atoms with Gasteiger partial charge < -0.3 is 10.1 Å². The fourth-order valence-corrected chi connectivity index (χ4v) is 0.402. The lowest BCUT2D eigenvalue weighted by Gasteiger charge is -1.83. The standard InChI is InChI=1S/C5H5NO2.CH4/c7-4-1-2-5(8)6-3-4;/h1-3,7H,(H,6,8);1H4. The van der Waals surface area contributed by atoms with Crippen LogP contribution < -0.4 is 5.56 Å². The third-order valence-corrected chi connectivity index (χ3v) is 0.768. The van der Waals surface area contributed by atoms with Crippen molar-refractivity contribution >= 4 is 0 Å². The number of hydrogen-bond acceptors (Lipinski definition) is 2. The number of nitrogens with one attached hydrogen (secondary N) is 1. The fraction of sp³-hybridized carbons (Fsp3) is 0.167. The molecule has 0 fully saturated rings. The van der Waals surface area contributed by atoms with E-state index in [2.05, 4.69) is 4.98 Å². The van der Waals surface area contributed by atoms with Crippen molar-refractivity contribution in [1.82, 2.24) is 4.98 Å². The molecule has 1 heterocycles. The molecule has 0 aliphatic rings. The molecule has 0 saturated carbocycles. The Kier molecular flexibility index (Phi) is 2.51. The highest BCUT2D eigenvalue weighted by molar-refractivity contribution is 5.12. The SMILES string of the molecule is C.O=c1ccc(O)c[nH]1. The molecule has 1 aromatic rings. The summed E-state index contributed by atoms with van der Waals surface area (Å²) in [6.07, 6.45) is 1.24. The van der Waals surface area contributed by atoms with Crippen LogP contribution in [-0.2, 0) is 0 Å². The minimum Gasteiger partial charge on any atom is -0.506 e. The number of H-pyrrole nitrogens is 1. The Balaban J connectivity index is 0.000000640. The van der Waals surface area contributed by atoms with E-state index in [-0.39, 0.29) is 18.7 Å². The van der Waals surface area contributed by atoms with E-state index in [1.807, 2.05) is 0 Å². The quantitative estimate of drug-likeness (QED) is 0.539. The molecule has 0 bridgehead atoms. The summed E-state index contributed by atoms with van der Waals surface area (Å²) in [5.74, 6) is 0.0737. The summed E-state index contributed by atoms with van der Waals surface area (Å²) in [7, 11) is 0. The van der Waals surface area contributed by atoms with Gasteiger partial charge in [0.25, 0.3) is 0 Å². The molecule has 0 radical (unpaired) electrons. The number of aromatic hydroxyl groups is 1. The monoisotopic (exact) mass is 127 g/mol. The zero-order valence-electron chi connectivity index (χ0n) is 4.09. The van der Waals surface area contributed by atoms with Crippen LogP contribution in [-0.4, -0.2) is 10.1 Å². The summed E-state index contributed by atoms with van der Waals surface area (Å²) in [6.45, 7) is 0. The molecule has 0 saturated heterocycles. The molecule has 9 heavy (non-hydrogen) atoms. The first-order valence-electron chi connectivity index (χ1n) is 2.17. The molecular weight excluding hydrogens is 118 g/mol. The summed E-state index contributed by atoms with van der Waals surface area (Å²) >= 11 is 0. The summed E-state index contributed by atoms with van der Waals surface area (Å²) in [5.41, 5.74) is -0.206. The van der Waals surface area contributed by atoms with Crippen LogP contribution in [0.4, 0.5) is 0 Å². The topological polar surface area (TPSA) is 53.1 Å². The van der Waals surface area contributed by atoms with Crippen LogP contribution in [0.3, 0.4) is 0 Å². The lowest BCUT2D eigenvalue weighted by Crippen LogP contribution is -1.99. The highest BCUT2D eigenvalue weighted by atomic mass is 16.3. The van der Waals surface area contributed by atoms with Crippen molar-refractivity contribution in [3.8, 4) is 5.75 Å². The second-order valence-electron chi connectivity index (χ2n) is 1.41. The number of rotatable bonds is 0. The minimum atomic E-state index is -0.206. The third kappa shape index (κ3) is 1.99. The van der Waals surface area contributed by atoms with Gasteiger partial charge >= 0.3 is 0 Å². The molecule has 0 spiro atoms.